The van der Waals surface area contributed by atoms with E-state index in [0.29, 0.717) is 25.7 Å². The highest BCUT2D eigenvalue weighted by atomic mass is 31.2. The van der Waals surface area contributed by atoms with Crippen molar-refractivity contribution in [3.05, 3.63) is 0 Å². The van der Waals surface area contributed by atoms with Gasteiger partial charge in [-0.15, -0.1) is 0 Å². The number of hydrogen-bond acceptors (Lipinski definition) is 15. The van der Waals surface area contributed by atoms with Gasteiger partial charge in [-0.2, -0.15) is 0 Å². The van der Waals surface area contributed by atoms with Crippen LogP contribution in [0.1, 0.15) is 446 Å². The molecule has 19 heteroatoms. The monoisotopic (exact) mass is 1510 g/mol. The lowest BCUT2D eigenvalue weighted by Gasteiger charge is -2.21. The lowest BCUT2D eigenvalue weighted by atomic mass is 10.0. The second kappa shape index (κ2) is 75.5. The van der Waals surface area contributed by atoms with E-state index in [1.54, 1.807) is 0 Å². The highest BCUT2D eigenvalue weighted by molar-refractivity contribution is 7.47. The van der Waals surface area contributed by atoms with E-state index in [9.17, 15) is 43.2 Å². The Morgan fingerprint density at radius 2 is 0.447 bits per heavy atom. The van der Waals surface area contributed by atoms with Gasteiger partial charge in [0, 0.05) is 25.7 Å². The van der Waals surface area contributed by atoms with Crippen LogP contribution in [0.4, 0.5) is 0 Å². The average molecular weight is 1510 g/mol. The topological polar surface area (TPSA) is 237 Å². The lowest BCUT2D eigenvalue weighted by Crippen LogP contribution is -2.30. The maximum absolute atomic E-state index is 13.1. The second-order valence-electron chi connectivity index (χ2n) is 31.2. The number of aliphatic hydroxyl groups is 1. The third kappa shape index (κ3) is 78.0. The van der Waals surface area contributed by atoms with Crippen LogP contribution >= 0.6 is 15.6 Å². The van der Waals surface area contributed by atoms with Crippen LogP contribution in [0.25, 0.3) is 0 Å². The minimum Gasteiger partial charge on any atom is -0.462 e. The molecule has 0 aliphatic rings. The van der Waals surface area contributed by atoms with E-state index in [4.69, 9.17) is 37.0 Å². The van der Waals surface area contributed by atoms with Crippen molar-refractivity contribution >= 4 is 39.5 Å². The van der Waals surface area contributed by atoms with E-state index in [-0.39, 0.29) is 25.7 Å². The van der Waals surface area contributed by atoms with Crippen LogP contribution in [0, 0.1) is 11.8 Å². The van der Waals surface area contributed by atoms with E-state index >= 15 is 0 Å². The fourth-order valence-corrected chi connectivity index (χ4v) is 14.6. The van der Waals surface area contributed by atoms with Crippen molar-refractivity contribution in [3.8, 4) is 0 Å². The molecule has 0 bridgehead atoms. The van der Waals surface area contributed by atoms with Gasteiger partial charge in [0.1, 0.15) is 19.3 Å². The maximum Gasteiger partial charge on any atom is 0.472 e. The molecule has 0 heterocycles. The summed E-state index contributed by atoms with van der Waals surface area (Å²) in [6, 6.07) is 0. The number of rotatable bonds is 83. The van der Waals surface area contributed by atoms with Gasteiger partial charge in [-0.1, -0.05) is 395 Å². The Hall–Kier alpha value is -1.94. The largest absolute Gasteiger partial charge is 0.472 e. The predicted octanol–water partition coefficient (Wildman–Crippen LogP) is 25.5. The Labute approximate surface area is 632 Å². The summed E-state index contributed by atoms with van der Waals surface area (Å²) < 4.78 is 68.8. The molecule has 0 spiro atoms. The molecule has 0 fully saturated rings. The van der Waals surface area contributed by atoms with Crippen LogP contribution in [-0.4, -0.2) is 96.7 Å². The smallest absolute Gasteiger partial charge is 0.462 e. The summed E-state index contributed by atoms with van der Waals surface area (Å²) in [6.45, 7) is 9.61. The van der Waals surface area contributed by atoms with Gasteiger partial charge in [-0.3, -0.25) is 37.3 Å². The molecule has 3 N–H and O–H groups in total. The normalized spacial score (nSPS) is 13.9. The zero-order valence-corrected chi connectivity index (χ0v) is 69.4. The number of phosphoric ester groups is 2. The van der Waals surface area contributed by atoms with Crippen molar-refractivity contribution in [2.45, 2.75) is 464 Å². The Kier molecular flexibility index (Phi) is 74.1. The highest BCUT2D eigenvalue weighted by Crippen LogP contribution is 2.45. The van der Waals surface area contributed by atoms with Crippen molar-refractivity contribution in [3.63, 3.8) is 0 Å². The Morgan fingerprint density at radius 3 is 0.660 bits per heavy atom. The number of hydrogen-bond donors (Lipinski definition) is 3. The Bertz CT molecular complexity index is 1980. The molecule has 0 aromatic heterocycles. The molecule has 0 saturated heterocycles. The van der Waals surface area contributed by atoms with E-state index in [1.165, 1.54) is 263 Å². The second-order valence-corrected chi connectivity index (χ2v) is 34.1. The van der Waals surface area contributed by atoms with Gasteiger partial charge >= 0.3 is 39.5 Å². The van der Waals surface area contributed by atoms with Gasteiger partial charge in [-0.25, -0.2) is 9.13 Å². The molecule has 103 heavy (non-hydrogen) atoms. The van der Waals surface area contributed by atoms with Gasteiger partial charge in [0.25, 0.3) is 0 Å². The van der Waals surface area contributed by atoms with Gasteiger partial charge < -0.3 is 33.8 Å². The third-order valence-electron chi connectivity index (χ3n) is 19.7. The maximum atomic E-state index is 13.1. The third-order valence-corrected chi connectivity index (χ3v) is 21.6. The van der Waals surface area contributed by atoms with E-state index in [1.807, 2.05) is 0 Å². The predicted molar refractivity (Wildman–Crippen MR) is 423 cm³/mol. The van der Waals surface area contributed by atoms with Gasteiger partial charge in [0.15, 0.2) is 12.2 Å². The SMILES string of the molecule is CCCCCCCCCCCCCCCCCCCCCCC(=O)O[C@H](COC(=O)CCCCCCCCCCCCCCCCCCCCC)COP(=O)(O)OC[C@@H](O)COP(=O)(O)OC[C@@H](COC(=O)CCCCCCCCCCC(C)C)OC(=O)CCCCCCCCCCCCC(C)C. The number of ether oxygens (including phenoxy) is 4. The van der Waals surface area contributed by atoms with E-state index < -0.39 is 97.5 Å². The number of phosphoric acid groups is 2. The standard InChI is InChI=1S/C84H164O17P2/c1-7-9-11-13-15-17-19-21-23-25-27-29-31-33-35-37-42-50-56-62-68-83(88)100-79(72-94-81(86)66-60-54-48-41-36-34-32-30-28-26-24-22-20-18-16-14-12-10-8-2)74-98-102(90,91)96-70-78(85)71-97-103(92,93)99-75-80(73-95-82(87)67-61-55-49-45-44-47-53-59-65-77(5)6)101-84(89)69-63-57-51-43-39-38-40-46-52-58-64-76(3)4/h76-80,85H,7-75H2,1-6H3,(H,90,91)(H,92,93)/t78-,79-,80-/m1/s1. The van der Waals surface area contributed by atoms with Crippen molar-refractivity contribution in [1.29, 1.82) is 0 Å². The number of aliphatic hydroxyl groups excluding tert-OH is 1. The highest BCUT2D eigenvalue weighted by Gasteiger charge is 2.30. The molecule has 0 aliphatic heterocycles. The molecule has 0 aromatic rings. The van der Waals surface area contributed by atoms with Crippen molar-refractivity contribution in [2.75, 3.05) is 39.6 Å². The molecular weight excluding hydrogens is 1340 g/mol. The molecule has 0 aliphatic carbocycles. The zero-order chi connectivity index (χ0) is 75.6. The summed E-state index contributed by atoms with van der Waals surface area (Å²) >= 11 is 0. The number of esters is 4. The molecular formula is C84H164O17P2. The molecule has 0 rings (SSSR count). The fraction of sp³-hybridized carbons (Fsp3) is 0.952. The van der Waals surface area contributed by atoms with Gasteiger partial charge in [0.2, 0.25) is 0 Å². The van der Waals surface area contributed by atoms with Crippen LogP contribution in [0.3, 0.4) is 0 Å². The van der Waals surface area contributed by atoms with Gasteiger partial charge in [-0.05, 0) is 37.5 Å². The fourth-order valence-electron chi connectivity index (χ4n) is 13.1. The molecule has 612 valence electrons. The molecule has 0 aromatic carbocycles. The number of carbonyl (C=O) groups excluding carboxylic acids is 4. The van der Waals surface area contributed by atoms with E-state index in [2.05, 4.69) is 41.5 Å². The summed E-state index contributed by atoms with van der Waals surface area (Å²) in [7, 11) is -9.92. The van der Waals surface area contributed by atoms with Crippen molar-refractivity contribution in [1.82, 2.24) is 0 Å². The van der Waals surface area contributed by atoms with Crippen LogP contribution in [0.15, 0.2) is 0 Å². The van der Waals surface area contributed by atoms with Crippen molar-refractivity contribution < 1.29 is 80.2 Å². The summed E-state index contributed by atoms with van der Waals surface area (Å²) in [5, 5.41) is 10.7. The first-order chi connectivity index (χ1) is 49.9. The minimum absolute atomic E-state index is 0.106. The van der Waals surface area contributed by atoms with Crippen LogP contribution in [-0.2, 0) is 65.4 Å². The summed E-state index contributed by atoms with van der Waals surface area (Å²) in [6.07, 6.45) is 66.8. The molecule has 0 saturated carbocycles. The quantitative estimate of drug-likeness (QED) is 0.0222. The van der Waals surface area contributed by atoms with Crippen LogP contribution in [0.2, 0.25) is 0 Å². The minimum atomic E-state index is -4.96. The molecule has 2 unspecified atom stereocenters. The average Bonchev–Trinajstić information content (AvgIpc) is 0.909. The van der Waals surface area contributed by atoms with Crippen LogP contribution < -0.4 is 0 Å². The number of unbranched alkanes of at least 4 members (excludes halogenated alkanes) is 53. The first kappa shape index (κ1) is 101. The van der Waals surface area contributed by atoms with Crippen molar-refractivity contribution in [2.24, 2.45) is 11.8 Å². The molecule has 5 atom stereocenters. The summed E-state index contributed by atoms with van der Waals surface area (Å²) in [5.41, 5.74) is 0. The molecule has 0 amide bonds. The summed E-state index contributed by atoms with van der Waals surface area (Å²) in [4.78, 5) is 73.1. The molecule has 17 nitrogen and oxygen atoms in total. The first-order valence-electron chi connectivity index (χ1n) is 43.5. The van der Waals surface area contributed by atoms with Crippen LogP contribution in [0.5, 0.6) is 0 Å². The summed E-state index contributed by atoms with van der Waals surface area (Å²) in [5.74, 6) is -0.628. The van der Waals surface area contributed by atoms with E-state index in [0.717, 1.165) is 102 Å². The Morgan fingerprint density at radius 1 is 0.262 bits per heavy atom. The first-order valence-corrected chi connectivity index (χ1v) is 46.5. The zero-order valence-electron chi connectivity index (χ0n) is 67.6. The van der Waals surface area contributed by atoms with Gasteiger partial charge in [0.05, 0.1) is 26.4 Å². The molecule has 0 radical (unpaired) electrons. The Balaban J connectivity index is 5.23. The lowest BCUT2D eigenvalue weighted by molar-refractivity contribution is -0.161. The number of carbonyl (C=O) groups is 4.